The van der Waals surface area contributed by atoms with Gasteiger partial charge in [-0.2, -0.15) is 0 Å². The molecule has 0 aliphatic carbocycles. The third-order valence-corrected chi connectivity index (χ3v) is 3.92. The Hall–Kier alpha value is -1.16. The molecule has 2 heterocycles. The molecule has 2 rings (SSSR count). The second-order valence-corrected chi connectivity index (χ2v) is 5.44. The lowest BCUT2D eigenvalue weighted by Gasteiger charge is -2.28. The summed E-state index contributed by atoms with van der Waals surface area (Å²) in [6, 6.07) is 2.73. The van der Waals surface area contributed by atoms with Crippen molar-refractivity contribution in [3.05, 3.63) is 23.0 Å². The predicted octanol–water partition coefficient (Wildman–Crippen LogP) is 2.71. The normalized spacial score (nSPS) is 19.3. The number of aromatic nitrogens is 1. The van der Waals surface area contributed by atoms with Crippen LogP contribution >= 0.6 is 12.2 Å². The lowest BCUT2D eigenvalue weighted by molar-refractivity contribution is 0.644. The van der Waals surface area contributed by atoms with Crippen LogP contribution in [0, 0.1) is 13.8 Å². The van der Waals surface area contributed by atoms with E-state index in [1.165, 1.54) is 18.5 Å². The van der Waals surface area contributed by atoms with Gasteiger partial charge in [0.1, 0.15) is 4.99 Å². The fraction of sp³-hybridized carbons (Fsp3) is 0.571. The van der Waals surface area contributed by atoms with E-state index in [9.17, 15) is 0 Å². The van der Waals surface area contributed by atoms with Gasteiger partial charge in [0.15, 0.2) is 0 Å². The zero-order valence-electron chi connectivity index (χ0n) is 11.4. The maximum absolute atomic E-state index is 5.88. The van der Waals surface area contributed by atoms with Crippen LogP contribution in [-0.4, -0.2) is 22.6 Å². The van der Waals surface area contributed by atoms with Gasteiger partial charge in [-0.3, -0.25) is 4.98 Å². The number of nitrogens with zero attached hydrogens (tertiary/aromatic N) is 2. The summed E-state index contributed by atoms with van der Waals surface area (Å²) in [5.74, 6) is 0. The Balaban J connectivity index is 2.51. The van der Waals surface area contributed by atoms with Gasteiger partial charge in [-0.05, 0) is 39.2 Å². The maximum atomic E-state index is 5.88. The largest absolute Gasteiger partial charge is 0.389 e. The van der Waals surface area contributed by atoms with E-state index in [1.54, 1.807) is 0 Å². The number of nitrogens with two attached hydrogens (primary N) is 1. The van der Waals surface area contributed by atoms with Crippen molar-refractivity contribution in [2.45, 2.75) is 46.1 Å². The fourth-order valence-electron chi connectivity index (χ4n) is 2.92. The van der Waals surface area contributed by atoms with Crippen molar-refractivity contribution in [1.82, 2.24) is 4.98 Å². The smallest absolute Gasteiger partial charge is 0.107 e. The molecule has 18 heavy (non-hydrogen) atoms. The van der Waals surface area contributed by atoms with Gasteiger partial charge in [0, 0.05) is 24.0 Å². The third-order valence-electron chi connectivity index (χ3n) is 3.71. The molecule has 1 fully saturated rings. The van der Waals surface area contributed by atoms with Gasteiger partial charge in [-0.15, -0.1) is 0 Å². The van der Waals surface area contributed by atoms with Crippen LogP contribution < -0.4 is 10.6 Å². The van der Waals surface area contributed by atoms with E-state index < -0.39 is 0 Å². The number of anilines is 1. The van der Waals surface area contributed by atoms with Gasteiger partial charge < -0.3 is 10.6 Å². The summed E-state index contributed by atoms with van der Waals surface area (Å²) in [5.41, 5.74) is 9.99. The Kier molecular flexibility index (Phi) is 3.85. The van der Waals surface area contributed by atoms with E-state index in [0.29, 0.717) is 11.0 Å². The van der Waals surface area contributed by atoms with Crippen LogP contribution in [0.2, 0.25) is 0 Å². The molecule has 1 unspecified atom stereocenters. The topological polar surface area (TPSA) is 42.2 Å². The molecule has 1 atom stereocenters. The molecule has 0 saturated carbocycles. The SMILES string of the molecule is CCC1CCCN1c1cc(C)nc(C)c1C(N)=S. The molecule has 0 aromatic carbocycles. The molecule has 1 aliphatic rings. The second kappa shape index (κ2) is 5.22. The molecule has 1 saturated heterocycles. The minimum atomic E-state index is 0.455. The molecule has 2 N–H and O–H groups in total. The predicted molar refractivity (Wildman–Crippen MR) is 80.3 cm³/mol. The van der Waals surface area contributed by atoms with Gasteiger partial charge in [-0.1, -0.05) is 19.1 Å². The minimum Gasteiger partial charge on any atom is -0.389 e. The van der Waals surface area contributed by atoms with Crippen LogP contribution in [0.15, 0.2) is 6.07 Å². The van der Waals surface area contributed by atoms with Crippen LogP contribution in [0.5, 0.6) is 0 Å². The Bertz CT molecular complexity index is 470. The van der Waals surface area contributed by atoms with Crippen LogP contribution in [-0.2, 0) is 0 Å². The van der Waals surface area contributed by atoms with Crippen molar-refractivity contribution < 1.29 is 0 Å². The van der Waals surface area contributed by atoms with Crippen molar-refractivity contribution in [2.24, 2.45) is 5.73 Å². The molecule has 0 bridgehead atoms. The Morgan fingerprint density at radius 2 is 2.28 bits per heavy atom. The molecule has 0 amide bonds. The average molecular weight is 263 g/mol. The Labute approximate surface area is 114 Å². The van der Waals surface area contributed by atoms with Crippen LogP contribution in [0.3, 0.4) is 0 Å². The Morgan fingerprint density at radius 1 is 1.56 bits per heavy atom. The van der Waals surface area contributed by atoms with Gasteiger partial charge in [-0.25, -0.2) is 0 Å². The third kappa shape index (κ3) is 2.34. The summed E-state index contributed by atoms with van der Waals surface area (Å²) in [7, 11) is 0. The van der Waals surface area contributed by atoms with Crippen molar-refractivity contribution in [2.75, 3.05) is 11.4 Å². The van der Waals surface area contributed by atoms with E-state index in [4.69, 9.17) is 18.0 Å². The summed E-state index contributed by atoms with van der Waals surface area (Å²) >= 11 is 5.20. The van der Waals surface area contributed by atoms with Crippen molar-refractivity contribution in [3.63, 3.8) is 0 Å². The first kappa shape index (κ1) is 13.3. The van der Waals surface area contributed by atoms with Crippen LogP contribution in [0.25, 0.3) is 0 Å². The number of pyridine rings is 1. The van der Waals surface area contributed by atoms with Gasteiger partial charge >= 0.3 is 0 Å². The molecule has 4 heteroatoms. The number of hydrogen-bond donors (Lipinski definition) is 1. The monoisotopic (exact) mass is 263 g/mol. The lowest BCUT2D eigenvalue weighted by Crippen LogP contribution is -2.31. The first-order chi connectivity index (χ1) is 8.54. The van der Waals surface area contributed by atoms with E-state index >= 15 is 0 Å². The maximum Gasteiger partial charge on any atom is 0.107 e. The number of thiocarbonyl (C=S) groups is 1. The molecule has 0 radical (unpaired) electrons. The second-order valence-electron chi connectivity index (χ2n) is 5.01. The zero-order valence-corrected chi connectivity index (χ0v) is 12.2. The van der Waals surface area contributed by atoms with Gasteiger partial charge in [0.05, 0.1) is 11.3 Å². The van der Waals surface area contributed by atoms with E-state index in [-0.39, 0.29) is 0 Å². The molecule has 1 aliphatic heterocycles. The zero-order chi connectivity index (χ0) is 13.3. The lowest BCUT2D eigenvalue weighted by atomic mass is 10.1. The van der Waals surface area contributed by atoms with E-state index in [0.717, 1.165) is 29.9 Å². The van der Waals surface area contributed by atoms with E-state index in [1.807, 2.05) is 13.8 Å². The minimum absolute atomic E-state index is 0.455. The summed E-state index contributed by atoms with van der Waals surface area (Å²) in [6.45, 7) is 7.35. The van der Waals surface area contributed by atoms with Gasteiger partial charge in [0.25, 0.3) is 0 Å². The standard InChI is InChI=1S/C14H21N3S/c1-4-11-6-5-7-17(11)12-8-9(2)16-10(3)13(12)14(15)18/h8,11H,4-7H2,1-3H3,(H2,15,18). The van der Waals surface area contributed by atoms with E-state index in [2.05, 4.69) is 22.9 Å². The molecular formula is C14H21N3S. The summed E-state index contributed by atoms with van der Waals surface area (Å²) in [6.07, 6.45) is 3.67. The number of aryl methyl sites for hydroxylation is 2. The first-order valence-corrected chi connectivity index (χ1v) is 7.00. The molecule has 1 aromatic heterocycles. The van der Waals surface area contributed by atoms with Crippen LogP contribution in [0.4, 0.5) is 5.69 Å². The highest BCUT2D eigenvalue weighted by Crippen LogP contribution is 2.31. The highest BCUT2D eigenvalue weighted by molar-refractivity contribution is 7.80. The Morgan fingerprint density at radius 3 is 2.89 bits per heavy atom. The highest BCUT2D eigenvalue weighted by Gasteiger charge is 2.26. The number of hydrogen-bond acceptors (Lipinski definition) is 3. The fourth-order valence-corrected chi connectivity index (χ4v) is 3.17. The molecular weight excluding hydrogens is 242 g/mol. The van der Waals surface area contributed by atoms with Crippen LogP contribution in [0.1, 0.15) is 43.1 Å². The molecule has 0 spiro atoms. The first-order valence-electron chi connectivity index (χ1n) is 6.59. The number of rotatable bonds is 3. The van der Waals surface area contributed by atoms with Crippen molar-refractivity contribution in [3.8, 4) is 0 Å². The summed E-state index contributed by atoms with van der Waals surface area (Å²) < 4.78 is 0. The molecule has 1 aromatic rings. The summed E-state index contributed by atoms with van der Waals surface area (Å²) in [4.78, 5) is 7.39. The van der Waals surface area contributed by atoms with Crippen molar-refractivity contribution in [1.29, 1.82) is 0 Å². The summed E-state index contributed by atoms with van der Waals surface area (Å²) in [5, 5.41) is 0. The molecule has 3 nitrogen and oxygen atoms in total. The average Bonchev–Trinajstić information content (AvgIpc) is 2.74. The quantitative estimate of drug-likeness (QED) is 0.851. The highest BCUT2D eigenvalue weighted by atomic mass is 32.1. The van der Waals surface area contributed by atoms with Crippen molar-refractivity contribution >= 4 is 22.9 Å². The van der Waals surface area contributed by atoms with Gasteiger partial charge in [0.2, 0.25) is 0 Å². The molecule has 98 valence electrons.